The van der Waals surface area contributed by atoms with Crippen LogP contribution in [0.5, 0.6) is 0 Å². The maximum Gasteiger partial charge on any atom is 0.298 e. The maximum absolute atomic E-state index is 11.5. The molecule has 3 N–H and O–H groups in total. The first-order valence-electron chi connectivity index (χ1n) is 6.14. The number of carbonyl (C=O) groups is 1. The summed E-state index contributed by atoms with van der Waals surface area (Å²) < 4.78 is 0. The van der Waals surface area contributed by atoms with Gasteiger partial charge in [0.2, 0.25) is 0 Å². The first-order valence-corrected chi connectivity index (χ1v) is 7.02. The zero-order valence-electron chi connectivity index (χ0n) is 9.71. The van der Waals surface area contributed by atoms with Crippen LogP contribution in [0.2, 0.25) is 0 Å². The normalized spacial score (nSPS) is 16.8. The van der Waals surface area contributed by atoms with Gasteiger partial charge in [-0.05, 0) is 60.8 Å². The van der Waals surface area contributed by atoms with Crippen LogP contribution >= 0.6 is 11.9 Å². The summed E-state index contributed by atoms with van der Waals surface area (Å²) in [5, 5.41) is 8.15. The van der Waals surface area contributed by atoms with E-state index in [2.05, 4.69) is 11.4 Å². The van der Waals surface area contributed by atoms with Crippen molar-refractivity contribution in [3.05, 3.63) is 28.3 Å². The summed E-state index contributed by atoms with van der Waals surface area (Å²) in [4.78, 5) is 11.5. The van der Waals surface area contributed by atoms with Gasteiger partial charge in [0.25, 0.3) is 5.24 Å². The molecule has 0 heterocycles. The van der Waals surface area contributed by atoms with Crippen LogP contribution in [-0.2, 0) is 25.7 Å². The lowest BCUT2D eigenvalue weighted by Gasteiger charge is -2.15. The molecule has 0 bridgehead atoms. The quantitative estimate of drug-likeness (QED) is 0.751. The second kappa shape index (κ2) is 4.35. The molecule has 0 spiro atoms. The van der Waals surface area contributed by atoms with Crippen LogP contribution in [0.15, 0.2) is 6.07 Å². The summed E-state index contributed by atoms with van der Waals surface area (Å²) in [5.74, 6) is 0. The SMILES string of the molecule is NSC(=O)Nc1c2c(cc3c1CCC3)CCC2. The lowest BCUT2D eigenvalue weighted by atomic mass is 9.99. The molecule has 3 rings (SSSR count). The summed E-state index contributed by atoms with van der Waals surface area (Å²) in [7, 11) is 0. The minimum Gasteiger partial charge on any atom is -0.315 e. The van der Waals surface area contributed by atoms with E-state index in [1.54, 1.807) is 0 Å². The van der Waals surface area contributed by atoms with Crippen LogP contribution in [0.25, 0.3) is 0 Å². The fraction of sp³-hybridized carbons (Fsp3) is 0.462. The van der Waals surface area contributed by atoms with Gasteiger partial charge in [-0.3, -0.25) is 9.93 Å². The van der Waals surface area contributed by atoms with Crippen LogP contribution in [0.1, 0.15) is 35.1 Å². The molecular formula is C13H16N2OS. The second-order valence-electron chi connectivity index (χ2n) is 4.76. The Bertz CT molecular complexity index is 453. The molecular weight excluding hydrogens is 232 g/mol. The van der Waals surface area contributed by atoms with Crippen LogP contribution in [0, 0.1) is 0 Å². The van der Waals surface area contributed by atoms with Crippen molar-refractivity contribution in [3.63, 3.8) is 0 Å². The van der Waals surface area contributed by atoms with E-state index in [4.69, 9.17) is 5.14 Å². The largest absolute Gasteiger partial charge is 0.315 e. The summed E-state index contributed by atoms with van der Waals surface area (Å²) in [6.07, 6.45) is 6.90. The molecule has 90 valence electrons. The molecule has 0 saturated heterocycles. The minimum absolute atomic E-state index is 0.153. The highest BCUT2D eigenvalue weighted by Crippen LogP contribution is 2.38. The van der Waals surface area contributed by atoms with Crippen molar-refractivity contribution in [3.8, 4) is 0 Å². The van der Waals surface area contributed by atoms with Gasteiger partial charge in [0, 0.05) is 17.6 Å². The fourth-order valence-corrected chi connectivity index (χ4v) is 3.26. The number of carbonyl (C=O) groups excluding carboxylic acids is 1. The second-order valence-corrected chi connectivity index (χ2v) is 5.37. The highest BCUT2D eigenvalue weighted by Gasteiger charge is 2.24. The average molecular weight is 248 g/mol. The fourth-order valence-electron chi connectivity index (χ4n) is 3.10. The standard InChI is InChI=1S/C13H16N2OS/c14-17-13(16)15-12-10-5-1-3-8(10)7-9-4-2-6-11(9)12/h7H,1-6,14H2,(H,15,16). The number of benzene rings is 1. The number of anilines is 1. The third-order valence-corrected chi connectivity index (χ3v) is 4.12. The molecule has 0 saturated carbocycles. The predicted octanol–water partition coefficient (Wildman–Crippen LogP) is 2.80. The Morgan fingerprint density at radius 2 is 1.71 bits per heavy atom. The highest BCUT2D eigenvalue weighted by atomic mass is 32.2. The Labute approximate surface area is 105 Å². The summed E-state index contributed by atoms with van der Waals surface area (Å²) in [5.41, 5.74) is 6.66. The molecule has 1 aromatic rings. The third kappa shape index (κ3) is 1.85. The molecule has 0 fully saturated rings. The van der Waals surface area contributed by atoms with E-state index in [-0.39, 0.29) is 5.24 Å². The molecule has 4 heteroatoms. The zero-order chi connectivity index (χ0) is 11.8. The van der Waals surface area contributed by atoms with Crippen LogP contribution in [-0.4, -0.2) is 5.24 Å². The van der Waals surface area contributed by atoms with Crippen molar-refractivity contribution in [1.82, 2.24) is 0 Å². The van der Waals surface area contributed by atoms with Gasteiger partial charge in [0.05, 0.1) is 0 Å². The van der Waals surface area contributed by atoms with E-state index in [1.807, 2.05) is 0 Å². The van der Waals surface area contributed by atoms with Crippen molar-refractivity contribution in [2.45, 2.75) is 38.5 Å². The molecule has 2 aliphatic carbocycles. The molecule has 17 heavy (non-hydrogen) atoms. The predicted molar refractivity (Wildman–Crippen MR) is 71.3 cm³/mol. The van der Waals surface area contributed by atoms with E-state index in [9.17, 15) is 4.79 Å². The number of rotatable bonds is 1. The van der Waals surface area contributed by atoms with Crippen LogP contribution < -0.4 is 10.5 Å². The van der Waals surface area contributed by atoms with Gasteiger partial charge in [-0.25, -0.2) is 0 Å². The number of nitrogens with two attached hydrogens (primary N) is 1. The number of hydrogen-bond acceptors (Lipinski definition) is 3. The van der Waals surface area contributed by atoms with Gasteiger partial charge in [0.15, 0.2) is 0 Å². The number of fused-ring (bicyclic) bond motifs is 2. The number of amides is 1. The van der Waals surface area contributed by atoms with Gasteiger partial charge in [-0.1, -0.05) is 6.07 Å². The molecule has 0 aromatic heterocycles. The molecule has 1 aromatic carbocycles. The molecule has 0 aliphatic heterocycles. The zero-order valence-corrected chi connectivity index (χ0v) is 10.5. The Balaban J connectivity index is 2.08. The van der Waals surface area contributed by atoms with E-state index < -0.39 is 0 Å². The molecule has 0 unspecified atom stereocenters. The molecule has 0 radical (unpaired) electrons. The van der Waals surface area contributed by atoms with Crippen LogP contribution in [0.3, 0.4) is 0 Å². The van der Waals surface area contributed by atoms with E-state index in [0.717, 1.165) is 43.3 Å². The van der Waals surface area contributed by atoms with E-state index in [0.29, 0.717) is 0 Å². The van der Waals surface area contributed by atoms with Gasteiger partial charge >= 0.3 is 0 Å². The van der Waals surface area contributed by atoms with Crippen molar-refractivity contribution < 1.29 is 4.79 Å². The first kappa shape index (κ1) is 11.1. The summed E-state index contributed by atoms with van der Waals surface area (Å²) in [6.45, 7) is 0. The van der Waals surface area contributed by atoms with Gasteiger partial charge in [0.1, 0.15) is 0 Å². The van der Waals surface area contributed by atoms with Gasteiger partial charge in [-0.2, -0.15) is 0 Å². The summed E-state index contributed by atoms with van der Waals surface area (Å²) >= 11 is 0.761. The topological polar surface area (TPSA) is 55.1 Å². The van der Waals surface area contributed by atoms with Crippen LogP contribution in [0.4, 0.5) is 10.5 Å². The lowest BCUT2D eigenvalue weighted by molar-refractivity contribution is 0.269. The van der Waals surface area contributed by atoms with Crippen molar-refractivity contribution >= 4 is 22.9 Å². The van der Waals surface area contributed by atoms with Crippen molar-refractivity contribution in [2.24, 2.45) is 5.14 Å². The van der Waals surface area contributed by atoms with E-state index >= 15 is 0 Å². The molecule has 3 nitrogen and oxygen atoms in total. The molecule has 0 atom stereocenters. The molecule has 2 aliphatic rings. The van der Waals surface area contributed by atoms with Crippen molar-refractivity contribution in [2.75, 3.05) is 5.32 Å². The number of hydrogen-bond donors (Lipinski definition) is 2. The Hall–Kier alpha value is -1.00. The van der Waals surface area contributed by atoms with Crippen molar-refractivity contribution in [1.29, 1.82) is 0 Å². The minimum atomic E-state index is -0.153. The Morgan fingerprint density at radius 3 is 2.24 bits per heavy atom. The Morgan fingerprint density at radius 1 is 1.12 bits per heavy atom. The Kier molecular flexibility index (Phi) is 2.84. The third-order valence-electron chi connectivity index (χ3n) is 3.81. The first-order chi connectivity index (χ1) is 8.29. The monoisotopic (exact) mass is 248 g/mol. The number of nitrogens with one attached hydrogen (secondary N) is 1. The lowest BCUT2D eigenvalue weighted by Crippen LogP contribution is -2.11. The number of aryl methyl sites for hydroxylation is 2. The average Bonchev–Trinajstić information content (AvgIpc) is 2.96. The maximum atomic E-state index is 11.5. The highest BCUT2D eigenvalue weighted by molar-refractivity contribution is 8.11. The summed E-state index contributed by atoms with van der Waals surface area (Å²) in [6, 6.07) is 2.36. The van der Waals surface area contributed by atoms with Gasteiger partial charge < -0.3 is 5.32 Å². The molecule has 1 amide bonds. The smallest absolute Gasteiger partial charge is 0.298 e. The van der Waals surface area contributed by atoms with E-state index in [1.165, 1.54) is 35.1 Å². The van der Waals surface area contributed by atoms with Gasteiger partial charge in [-0.15, -0.1) is 0 Å².